The minimum atomic E-state index is 0.580. The molecule has 33 heavy (non-hydrogen) atoms. The normalized spacial score (nSPS) is 13.7. The molecule has 0 saturated carbocycles. The number of anilines is 5. The number of aromatic amines is 2. The smallest absolute Gasteiger partial charge is 0.351 e. The SMILES string of the molecule is COc1cccc(Nc2nc3nc(Nc4cccc(OC)c4)[nH+]c(N4CCOCC4)c3[nH]2)c1. The molecule has 1 saturated heterocycles. The van der Waals surface area contributed by atoms with Crippen LogP contribution in [0.1, 0.15) is 0 Å². The summed E-state index contributed by atoms with van der Waals surface area (Å²) in [6.45, 7) is 2.87. The molecule has 1 aliphatic heterocycles. The Balaban J connectivity index is 1.51. The van der Waals surface area contributed by atoms with E-state index in [0.29, 0.717) is 30.8 Å². The van der Waals surface area contributed by atoms with Crippen LogP contribution in [0, 0.1) is 0 Å². The molecule has 4 aromatic rings. The van der Waals surface area contributed by atoms with Gasteiger partial charge in [0.1, 0.15) is 11.5 Å². The van der Waals surface area contributed by atoms with Crippen molar-refractivity contribution < 1.29 is 19.2 Å². The average Bonchev–Trinajstić information content (AvgIpc) is 3.26. The first-order chi connectivity index (χ1) is 16.2. The van der Waals surface area contributed by atoms with Crippen molar-refractivity contribution in [3.63, 3.8) is 0 Å². The zero-order valence-electron chi connectivity index (χ0n) is 18.5. The van der Waals surface area contributed by atoms with E-state index < -0.39 is 0 Å². The molecule has 2 aromatic carbocycles. The van der Waals surface area contributed by atoms with Gasteiger partial charge >= 0.3 is 5.95 Å². The first-order valence-corrected chi connectivity index (χ1v) is 10.7. The minimum Gasteiger partial charge on any atom is -0.497 e. The third-order valence-electron chi connectivity index (χ3n) is 5.37. The van der Waals surface area contributed by atoms with E-state index in [0.717, 1.165) is 47.3 Å². The van der Waals surface area contributed by atoms with Gasteiger partial charge in [0.2, 0.25) is 17.4 Å². The third-order valence-corrected chi connectivity index (χ3v) is 5.37. The molecule has 0 radical (unpaired) electrons. The van der Waals surface area contributed by atoms with Crippen molar-refractivity contribution >= 4 is 40.3 Å². The first-order valence-electron chi connectivity index (χ1n) is 10.7. The Bertz CT molecular complexity index is 1250. The second-order valence-corrected chi connectivity index (χ2v) is 7.53. The van der Waals surface area contributed by atoms with Crippen molar-refractivity contribution in [3.8, 4) is 11.5 Å². The lowest BCUT2D eigenvalue weighted by molar-refractivity contribution is -0.349. The van der Waals surface area contributed by atoms with Crippen LogP contribution >= 0.6 is 0 Å². The number of nitrogens with zero attached hydrogens (tertiary/aromatic N) is 3. The number of H-pyrrole nitrogens is 2. The molecule has 1 fully saturated rings. The second kappa shape index (κ2) is 9.21. The monoisotopic (exact) mass is 448 g/mol. The van der Waals surface area contributed by atoms with Crippen LogP contribution in [0.2, 0.25) is 0 Å². The van der Waals surface area contributed by atoms with Crippen molar-refractivity contribution in [1.82, 2.24) is 15.0 Å². The Hall–Kier alpha value is -4.05. The molecule has 4 N–H and O–H groups in total. The minimum absolute atomic E-state index is 0.580. The molecule has 1 aliphatic rings. The number of rotatable bonds is 7. The molecular formula is C23H26N7O3+. The number of ether oxygens (including phenoxy) is 3. The van der Waals surface area contributed by atoms with E-state index in [9.17, 15) is 0 Å². The Morgan fingerprint density at radius 1 is 0.939 bits per heavy atom. The highest BCUT2D eigenvalue weighted by atomic mass is 16.5. The zero-order chi connectivity index (χ0) is 22.6. The van der Waals surface area contributed by atoms with Crippen LogP contribution in [-0.4, -0.2) is 55.5 Å². The van der Waals surface area contributed by atoms with Gasteiger partial charge in [0, 0.05) is 17.8 Å². The van der Waals surface area contributed by atoms with Crippen LogP contribution in [0.25, 0.3) is 11.2 Å². The average molecular weight is 449 g/mol. The Kier molecular flexibility index (Phi) is 5.81. The van der Waals surface area contributed by atoms with Crippen molar-refractivity contribution in [2.45, 2.75) is 0 Å². The predicted molar refractivity (Wildman–Crippen MR) is 126 cm³/mol. The fraction of sp³-hybridized carbons (Fsp3) is 0.261. The molecule has 170 valence electrons. The van der Waals surface area contributed by atoms with Crippen LogP contribution in [0.5, 0.6) is 11.5 Å². The topological polar surface area (TPSA) is 111 Å². The Morgan fingerprint density at radius 2 is 1.61 bits per heavy atom. The first kappa shape index (κ1) is 20.8. The Labute approximate surface area is 190 Å². The number of aromatic nitrogens is 4. The number of benzene rings is 2. The lowest BCUT2D eigenvalue weighted by Crippen LogP contribution is -2.40. The molecule has 0 atom stereocenters. The van der Waals surface area contributed by atoms with Gasteiger partial charge in [0.15, 0.2) is 5.52 Å². The maximum atomic E-state index is 5.54. The largest absolute Gasteiger partial charge is 0.497 e. The summed E-state index contributed by atoms with van der Waals surface area (Å²) in [4.78, 5) is 18.4. The van der Waals surface area contributed by atoms with Crippen LogP contribution < -0.4 is 30.0 Å². The Morgan fingerprint density at radius 3 is 2.27 bits per heavy atom. The number of hydrogen-bond donors (Lipinski definition) is 3. The van der Waals surface area contributed by atoms with Crippen molar-refractivity contribution in [3.05, 3.63) is 48.5 Å². The fourth-order valence-electron chi connectivity index (χ4n) is 3.74. The number of hydrogen-bond acceptors (Lipinski definition) is 8. The van der Waals surface area contributed by atoms with Gasteiger partial charge in [-0.25, -0.2) is 4.98 Å². The van der Waals surface area contributed by atoms with E-state index in [1.807, 2.05) is 48.5 Å². The number of imidazole rings is 1. The second-order valence-electron chi connectivity index (χ2n) is 7.53. The summed E-state index contributed by atoms with van der Waals surface area (Å²) in [5.74, 6) is 3.60. The third kappa shape index (κ3) is 4.60. The van der Waals surface area contributed by atoms with Gasteiger partial charge in [-0.15, -0.1) is 0 Å². The number of fused-ring (bicyclic) bond motifs is 1. The summed E-state index contributed by atoms with van der Waals surface area (Å²) >= 11 is 0. The van der Waals surface area contributed by atoms with Gasteiger partial charge in [-0.3, -0.25) is 5.32 Å². The zero-order valence-corrected chi connectivity index (χ0v) is 18.5. The van der Waals surface area contributed by atoms with Gasteiger partial charge in [0.05, 0.1) is 46.2 Å². The summed E-state index contributed by atoms with van der Waals surface area (Å²) < 4.78 is 16.2. The highest BCUT2D eigenvalue weighted by molar-refractivity contribution is 5.85. The van der Waals surface area contributed by atoms with E-state index in [-0.39, 0.29) is 0 Å². The number of methoxy groups -OCH3 is 2. The molecule has 5 rings (SSSR count). The number of nitrogens with one attached hydrogen (secondary N) is 4. The van der Waals surface area contributed by atoms with E-state index in [2.05, 4.69) is 25.5 Å². The van der Waals surface area contributed by atoms with Crippen LogP contribution in [-0.2, 0) is 4.74 Å². The maximum Gasteiger partial charge on any atom is 0.351 e. The standard InChI is InChI=1S/C23H25N7O3/c1-31-17-7-3-5-15(13-17)24-22-26-19-20(27-22)28-23(25-16-6-4-8-18(14-16)32-2)29-21(19)30-9-11-33-12-10-30/h3-8,13-14H,9-12H2,1-2H3,(H3,24,25,26,27,28,29)/p+1. The highest BCUT2D eigenvalue weighted by Crippen LogP contribution is 2.27. The maximum absolute atomic E-state index is 5.54. The van der Waals surface area contributed by atoms with Crippen molar-refractivity contribution in [2.75, 3.05) is 56.1 Å². The van der Waals surface area contributed by atoms with E-state index in [1.54, 1.807) is 14.2 Å². The van der Waals surface area contributed by atoms with Gasteiger partial charge < -0.3 is 29.4 Å². The van der Waals surface area contributed by atoms with E-state index >= 15 is 0 Å². The molecule has 0 amide bonds. The lowest BCUT2D eigenvalue weighted by atomic mass is 10.3. The molecule has 10 heteroatoms. The van der Waals surface area contributed by atoms with Crippen molar-refractivity contribution in [1.29, 1.82) is 0 Å². The summed E-state index contributed by atoms with van der Waals surface area (Å²) in [6.07, 6.45) is 0. The molecule has 0 aliphatic carbocycles. The van der Waals surface area contributed by atoms with Crippen LogP contribution in [0.15, 0.2) is 48.5 Å². The lowest BCUT2D eigenvalue weighted by Gasteiger charge is -2.24. The highest BCUT2D eigenvalue weighted by Gasteiger charge is 2.24. The molecule has 3 heterocycles. The molecule has 2 aromatic heterocycles. The van der Waals surface area contributed by atoms with Gasteiger partial charge in [-0.1, -0.05) is 17.1 Å². The summed E-state index contributed by atoms with van der Waals surface area (Å²) in [7, 11) is 3.29. The van der Waals surface area contributed by atoms with Crippen LogP contribution in [0.3, 0.4) is 0 Å². The summed E-state index contributed by atoms with van der Waals surface area (Å²) in [6, 6.07) is 15.4. The fourth-order valence-corrected chi connectivity index (χ4v) is 3.74. The van der Waals surface area contributed by atoms with Gasteiger partial charge in [-0.05, 0) is 24.3 Å². The summed E-state index contributed by atoms with van der Waals surface area (Å²) in [5.41, 5.74) is 3.13. The molecular weight excluding hydrogens is 422 g/mol. The van der Waals surface area contributed by atoms with Crippen molar-refractivity contribution in [2.24, 2.45) is 0 Å². The van der Waals surface area contributed by atoms with Gasteiger partial charge in [-0.2, -0.15) is 4.98 Å². The molecule has 0 spiro atoms. The molecule has 0 unspecified atom stereocenters. The molecule has 0 bridgehead atoms. The predicted octanol–water partition coefficient (Wildman–Crippen LogP) is 3.11. The van der Waals surface area contributed by atoms with E-state index in [4.69, 9.17) is 24.2 Å². The van der Waals surface area contributed by atoms with Gasteiger partial charge in [0.25, 0.3) is 0 Å². The summed E-state index contributed by atoms with van der Waals surface area (Å²) in [5, 5.41) is 6.63. The van der Waals surface area contributed by atoms with Crippen LogP contribution in [0.4, 0.5) is 29.1 Å². The quantitative estimate of drug-likeness (QED) is 0.396. The van der Waals surface area contributed by atoms with E-state index in [1.165, 1.54) is 0 Å². The molecule has 10 nitrogen and oxygen atoms in total. The number of morpholine rings is 1.